The van der Waals surface area contributed by atoms with Crippen LogP contribution in [0.5, 0.6) is 0 Å². The number of anilines is 1. The number of carbonyl (C=O) groups excluding carboxylic acids is 1. The quantitative estimate of drug-likeness (QED) is 0.634. The van der Waals surface area contributed by atoms with Gasteiger partial charge in [-0.25, -0.2) is 8.78 Å². The molecule has 1 aromatic carbocycles. The zero-order valence-corrected chi connectivity index (χ0v) is 9.90. The second-order valence-electron chi connectivity index (χ2n) is 3.68. The molecule has 0 spiro atoms. The summed E-state index contributed by atoms with van der Waals surface area (Å²) in [6, 6.07) is 0.980. The predicted molar refractivity (Wildman–Crippen MR) is 59.4 cm³/mol. The average Bonchev–Trinajstić information content (AvgIpc) is 2.60. The number of carbonyl (C=O) groups is 1. The van der Waals surface area contributed by atoms with Crippen molar-refractivity contribution in [2.24, 2.45) is 0 Å². The van der Waals surface area contributed by atoms with Gasteiger partial charge in [0.2, 0.25) is 5.91 Å². The summed E-state index contributed by atoms with van der Waals surface area (Å²) >= 11 is 10.9. The zero-order valence-electron chi connectivity index (χ0n) is 8.38. The lowest BCUT2D eigenvalue weighted by Gasteiger charge is -2.18. The molecule has 0 saturated carbocycles. The summed E-state index contributed by atoms with van der Waals surface area (Å²) in [6.07, 6.45) is -0.976. The summed E-state index contributed by atoms with van der Waals surface area (Å²) in [5.41, 5.74) is -0.219. The molecular weight excluding hydrogens is 275 g/mol. The highest BCUT2D eigenvalue weighted by Crippen LogP contribution is 2.35. The van der Waals surface area contributed by atoms with Crippen LogP contribution in [0.1, 0.15) is 6.42 Å². The van der Waals surface area contributed by atoms with Crippen LogP contribution in [0.3, 0.4) is 0 Å². The standard InChI is InChI=1S/C10H7Cl2F2NO2/c11-5-2-6(10(14)8(12)9(5)13)15-3-4(16)1-7(15)17/h2,4,16H,1,3H2. The average molecular weight is 282 g/mol. The van der Waals surface area contributed by atoms with E-state index in [-0.39, 0.29) is 23.7 Å². The van der Waals surface area contributed by atoms with E-state index in [1.807, 2.05) is 0 Å². The van der Waals surface area contributed by atoms with Gasteiger partial charge in [0.1, 0.15) is 5.02 Å². The van der Waals surface area contributed by atoms with Crippen LogP contribution < -0.4 is 4.90 Å². The topological polar surface area (TPSA) is 40.5 Å². The third-order valence-electron chi connectivity index (χ3n) is 2.48. The Morgan fingerprint density at radius 3 is 2.53 bits per heavy atom. The lowest BCUT2D eigenvalue weighted by Crippen LogP contribution is -2.26. The molecule has 1 unspecified atom stereocenters. The second-order valence-corrected chi connectivity index (χ2v) is 4.47. The van der Waals surface area contributed by atoms with Gasteiger partial charge < -0.3 is 10.0 Å². The molecule has 1 aliphatic heterocycles. The number of benzene rings is 1. The number of aliphatic hydroxyl groups is 1. The van der Waals surface area contributed by atoms with E-state index < -0.39 is 28.7 Å². The fourth-order valence-corrected chi connectivity index (χ4v) is 2.12. The number of aliphatic hydroxyl groups excluding tert-OH is 1. The lowest BCUT2D eigenvalue weighted by molar-refractivity contribution is -0.117. The minimum atomic E-state index is -1.07. The van der Waals surface area contributed by atoms with Gasteiger partial charge in [0.25, 0.3) is 0 Å². The summed E-state index contributed by atoms with van der Waals surface area (Å²) < 4.78 is 26.9. The largest absolute Gasteiger partial charge is 0.391 e. The van der Waals surface area contributed by atoms with E-state index in [0.29, 0.717) is 0 Å². The van der Waals surface area contributed by atoms with Crippen molar-refractivity contribution in [3.8, 4) is 0 Å². The highest BCUT2D eigenvalue weighted by atomic mass is 35.5. The van der Waals surface area contributed by atoms with Gasteiger partial charge in [-0.05, 0) is 6.07 Å². The number of nitrogens with zero attached hydrogens (tertiary/aromatic N) is 1. The van der Waals surface area contributed by atoms with Crippen molar-refractivity contribution in [1.29, 1.82) is 0 Å². The lowest BCUT2D eigenvalue weighted by atomic mass is 10.2. The van der Waals surface area contributed by atoms with Crippen LogP contribution in [0.15, 0.2) is 6.07 Å². The van der Waals surface area contributed by atoms with Gasteiger partial charge >= 0.3 is 0 Å². The molecule has 2 rings (SSSR count). The van der Waals surface area contributed by atoms with Gasteiger partial charge in [0.15, 0.2) is 11.6 Å². The molecule has 1 aliphatic rings. The van der Waals surface area contributed by atoms with Gasteiger partial charge in [-0.15, -0.1) is 0 Å². The smallest absolute Gasteiger partial charge is 0.229 e. The van der Waals surface area contributed by atoms with Crippen LogP contribution in [0.2, 0.25) is 10.0 Å². The van der Waals surface area contributed by atoms with Crippen LogP contribution in [0.25, 0.3) is 0 Å². The maximum Gasteiger partial charge on any atom is 0.229 e. The van der Waals surface area contributed by atoms with Gasteiger partial charge in [-0.1, -0.05) is 23.2 Å². The Kier molecular flexibility index (Phi) is 3.25. The maximum absolute atomic E-state index is 13.7. The molecular formula is C10H7Cl2F2NO2. The van der Waals surface area contributed by atoms with Crippen molar-refractivity contribution >= 4 is 34.8 Å². The monoisotopic (exact) mass is 281 g/mol. The fraction of sp³-hybridized carbons (Fsp3) is 0.300. The Morgan fingerprint density at radius 1 is 1.35 bits per heavy atom. The predicted octanol–water partition coefficient (Wildman–Crippen LogP) is 2.37. The molecule has 0 aromatic heterocycles. The van der Waals surface area contributed by atoms with Crippen molar-refractivity contribution in [2.75, 3.05) is 11.4 Å². The van der Waals surface area contributed by atoms with Crippen molar-refractivity contribution in [3.63, 3.8) is 0 Å². The molecule has 1 heterocycles. The number of hydrogen-bond donors (Lipinski definition) is 1. The highest BCUT2D eigenvalue weighted by Gasteiger charge is 2.32. The van der Waals surface area contributed by atoms with Crippen LogP contribution in [0.4, 0.5) is 14.5 Å². The maximum atomic E-state index is 13.7. The first-order chi connectivity index (χ1) is 7.91. The van der Waals surface area contributed by atoms with Gasteiger partial charge in [0, 0.05) is 0 Å². The Bertz CT molecular complexity index is 496. The zero-order chi connectivity index (χ0) is 12.7. The minimum absolute atomic E-state index is 0.0615. The number of β-amino-alcohol motifs (C(OH)–C–C–N with tert-alkyl or cyclic N) is 1. The number of hydrogen-bond acceptors (Lipinski definition) is 2. The van der Waals surface area contributed by atoms with Crippen molar-refractivity contribution in [1.82, 2.24) is 0 Å². The first-order valence-corrected chi connectivity index (χ1v) is 5.49. The molecule has 7 heteroatoms. The van der Waals surface area contributed by atoms with E-state index >= 15 is 0 Å². The van der Waals surface area contributed by atoms with Gasteiger partial charge in [-0.2, -0.15) is 0 Å². The highest BCUT2D eigenvalue weighted by molar-refractivity contribution is 6.35. The summed E-state index contributed by atoms with van der Waals surface area (Å²) in [6.45, 7) is -0.0615. The number of rotatable bonds is 1. The van der Waals surface area contributed by atoms with E-state index in [4.69, 9.17) is 23.2 Å². The third-order valence-corrected chi connectivity index (χ3v) is 3.09. The first-order valence-electron chi connectivity index (χ1n) is 4.73. The van der Waals surface area contributed by atoms with Crippen LogP contribution >= 0.6 is 23.2 Å². The van der Waals surface area contributed by atoms with Crippen LogP contribution in [0, 0.1) is 11.6 Å². The summed E-state index contributed by atoms with van der Waals surface area (Å²) in [4.78, 5) is 12.5. The van der Waals surface area contributed by atoms with Crippen molar-refractivity contribution in [3.05, 3.63) is 27.7 Å². The van der Waals surface area contributed by atoms with E-state index in [2.05, 4.69) is 0 Å². The molecule has 92 valence electrons. The summed E-state index contributed by atoms with van der Waals surface area (Å²) in [7, 11) is 0. The number of amides is 1. The molecule has 1 atom stereocenters. The molecule has 0 aliphatic carbocycles. The second kappa shape index (κ2) is 4.40. The molecule has 0 bridgehead atoms. The fourth-order valence-electron chi connectivity index (χ4n) is 1.68. The van der Waals surface area contributed by atoms with Gasteiger partial charge in [-0.3, -0.25) is 4.79 Å². The minimum Gasteiger partial charge on any atom is -0.391 e. The van der Waals surface area contributed by atoms with E-state index in [9.17, 15) is 18.7 Å². The van der Waals surface area contributed by atoms with E-state index in [1.54, 1.807) is 0 Å². The van der Waals surface area contributed by atoms with E-state index in [1.165, 1.54) is 0 Å². The number of halogens is 4. The van der Waals surface area contributed by atoms with Gasteiger partial charge in [0.05, 0.1) is 29.8 Å². The molecule has 1 fully saturated rings. The van der Waals surface area contributed by atoms with Crippen LogP contribution in [-0.2, 0) is 4.79 Å². The molecule has 1 N–H and O–H groups in total. The molecule has 3 nitrogen and oxygen atoms in total. The SMILES string of the molecule is O=C1CC(O)CN1c1cc(Cl)c(F)c(Cl)c1F. The Balaban J connectivity index is 2.50. The first kappa shape index (κ1) is 12.5. The summed E-state index contributed by atoms with van der Waals surface area (Å²) in [5, 5.41) is 8.15. The van der Waals surface area contributed by atoms with Crippen LogP contribution in [-0.4, -0.2) is 23.7 Å². The normalized spacial score (nSPS) is 20.2. The Labute approximate surface area is 106 Å². The third kappa shape index (κ3) is 2.10. The summed E-state index contributed by atoms with van der Waals surface area (Å²) in [5.74, 6) is -2.59. The molecule has 1 amide bonds. The van der Waals surface area contributed by atoms with E-state index in [0.717, 1.165) is 11.0 Å². The molecule has 17 heavy (non-hydrogen) atoms. The Hall–Kier alpha value is -0.910. The molecule has 1 saturated heterocycles. The Morgan fingerprint density at radius 2 is 2.00 bits per heavy atom. The molecule has 1 aromatic rings. The van der Waals surface area contributed by atoms with Crippen molar-refractivity contribution < 1.29 is 18.7 Å². The molecule has 0 radical (unpaired) electrons. The van der Waals surface area contributed by atoms with Crippen molar-refractivity contribution in [2.45, 2.75) is 12.5 Å².